The molecule has 3 aromatic rings. The summed E-state index contributed by atoms with van der Waals surface area (Å²) < 4.78 is 5.65. The molecule has 1 aliphatic heterocycles. The van der Waals surface area contributed by atoms with Crippen LogP contribution in [0.4, 0.5) is 5.95 Å². The molecule has 4 rings (SSSR count). The SMILES string of the molecule is CCOc1ncccc1C(=O)N1CCCC[C@@H]1c1nc(N(C)C)ncc1-c1ccncc1C. The zero-order valence-corrected chi connectivity index (χ0v) is 19.7. The Morgan fingerprint density at radius 1 is 1.15 bits per heavy atom. The van der Waals surface area contributed by atoms with Crippen LogP contribution >= 0.6 is 0 Å². The van der Waals surface area contributed by atoms with Gasteiger partial charge in [0, 0.05) is 51.0 Å². The standard InChI is InChI=1S/C25H30N6O2/c1-5-33-23-19(9-8-12-27-23)24(32)31-14-7-6-10-21(31)22-20(16-28-25(29-22)30(3)4)18-11-13-26-15-17(18)2/h8-9,11-13,15-16,21H,5-7,10,14H2,1-4H3/t21-/m1/s1. The fourth-order valence-corrected chi connectivity index (χ4v) is 4.26. The van der Waals surface area contributed by atoms with Gasteiger partial charge in [-0.2, -0.15) is 0 Å². The number of pyridine rings is 2. The van der Waals surface area contributed by atoms with Crippen LogP contribution in [-0.4, -0.2) is 58.0 Å². The lowest BCUT2D eigenvalue weighted by Gasteiger charge is -2.36. The number of nitrogens with zero attached hydrogens (tertiary/aromatic N) is 6. The fraction of sp³-hybridized carbons (Fsp3) is 0.400. The number of ether oxygens (including phenoxy) is 1. The summed E-state index contributed by atoms with van der Waals surface area (Å²) in [6, 6.07) is 5.36. The maximum Gasteiger partial charge on any atom is 0.259 e. The lowest BCUT2D eigenvalue weighted by molar-refractivity contribution is 0.0601. The zero-order valence-electron chi connectivity index (χ0n) is 19.7. The van der Waals surface area contributed by atoms with Crippen molar-refractivity contribution in [2.45, 2.75) is 39.2 Å². The van der Waals surface area contributed by atoms with Gasteiger partial charge in [-0.15, -0.1) is 0 Å². The van der Waals surface area contributed by atoms with E-state index in [-0.39, 0.29) is 11.9 Å². The van der Waals surface area contributed by atoms with Gasteiger partial charge in [0.2, 0.25) is 11.8 Å². The molecule has 4 heterocycles. The normalized spacial score (nSPS) is 15.9. The van der Waals surface area contributed by atoms with Gasteiger partial charge in [-0.3, -0.25) is 9.78 Å². The van der Waals surface area contributed by atoms with E-state index in [9.17, 15) is 4.79 Å². The van der Waals surface area contributed by atoms with Gasteiger partial charge in [0.25, 0.3) is 5.91 Å². The number of aromatic nitrogens is 4. The molecule has 0 saturated carbocycles. The summed E-state index contributed by atoms with van der Waals surface area (Å²) in [6.07, 6.45) is 9.93. The van der Waals surface area contributed by atoms with Crippen molar-refractivity contribution in [3.8, 4) is 17.0 Å². The van der Waals surface area contributed by atoms with Crippen molar-refractivity contribution in [2.24, 2.45) is 0 Å². The molecular weight excluding hydrogens is 416 g/mol. The first-order valence-electron chi connectivity index (χ1n) is 11.3. The zero-order chi connectivity index (χ0) is 23.4. The second kappa shape index (κ2) is 9.94. The number of amides is 1. The second-order valence-electron chi connectivity index (χ2n) is 8.35. The Hall–Kier alpha value is -3.55. The quantitative estimate of drug-likeness (QED) is 0.564. The van der Waals surface area contributed by atoms with E-state index in [1.54, 1.807) is 24.5 Å². The van der Waals surface area contributed by atoms with Crippen LogP contribution in [0.15, 0.2) is 43.0 Å². The molecule has 0 unspecified atom stereocenters. The maximum atomic E-state index is 13.8. The van der Waals surface area contributed by atoms with Crippen LogP contribution in [0, 0.1) is 6.92 Å². The van der Waals surface area contributed by atoms with E-state index < -0.39 is 0 Å². The first kappa shape index (κ1) is 22.6. The predicted molar refractivity (Wildman–Crippen MR) is 127 cm³/mol. The highest BCUT2D eigenvalue weighted by molar-refractivity contribution is 5.96. The van der Waals surface area contributed by atoms with Crippen molar-refractivity contribution >= 4 is 11.9 Å². The molecule has 0 bridgehead atoms. The number of likely N-dealkylation sites (tertiary alicyclic amines) is 1. The van der Waals surface area contributed by atoms with Crippen molar-refractivity contribution in [1.82, 2.24) is 24.8 Å². The first-order valence-corrected chi connectivity index (χ1v) is 11.3. The minimum atomic E-state index is -0.176. The molecule has 172 valence electrons. The number of piperidine rings is 1. The van der Waals surface area contributed by atoms with Crippen LogP contribution in [-0.2, 0) is 0 Å². The van der Waals surface area contributed by atoms with E-state index in [0.717, 1.165) is 41.6 Å². The van der Waals surface area contributed by atoms with Crippen molar-refractivity contribution in [3.05, 3.63) is 59.8 Å². The van der Waals surface area contributed by atoms with Gasteiger partial charge in [-0.25, -0.2) is 15.0 Å². The van der Waals surface area contributed by atoms with Crippen LogP contribution in [0.5, 0.6) is 5.88 Å². The highest BCUT2D eigenvalue weighted by Crippen LogP contribution is 2.38. The third-order valence-corrected chi connectivity index (χ3v) is 5.88. The van der Waals surface area contributed by atoms with Crippen molar-refractivity contribution < 1.29 is 9.53 Å². The Morgan fingerprint density at radius 3 is 2.76 bits per heavy atom. The van der Waals surface area contributed by atoms with Gasteiger partial charge in [0.05, 0.1) is 18.3 Å². The molecule has 0 aliphatic carbocycles. The minimum absolute atomic E-state index is 0.0846. The summed E-state index contributed by atoms with van der Waals surface area (Å²) >= 11 is 0. The van der Waals surface area contributed by atoms with E-state index in [2.05, 4.69) is 15.0 Å². The highest BCUT2D eigenvalue weighted by atomic mass is 16.5. The molecule has 33 heavy (non-hydrogen) atoms. The van der Waals surface area contributed by atoms with Gasteiger partial charge >= 0.3 is 0 Å². The van der Waals surface area contributed by atoms with Crippen molar-refractivity contribution in [2.75, 3.05) is 32.1 Å². The number of rotatable bonds is 6. The average Bonchev–Trinajstić information content (AvgIpc) is 2.84. The summed E-state index contributed by atoms with van der Waals surface area (Å²) in [4.78, 5) is 35.6. The van der Waals surface area contributed by atoms with E-state index in [1.807, 2.05) is 56.2 Å². The fourth-order valence-electron chi connectivity index (χ4n) is 4.26. The third kappa shape index (κ3) is 4.65. The lowest BCUT2D eigenvalue weighted by Crippen LogP contribution is -2.39. The molecule has 1 saturated heterocycles. The van der Waals surface area contributed by atoms with E-state index in [0.29, 0.717) is 30.5 Å². The molecule has 1 fully saturated rings. The van der Waals surface area contributed by atoms with Crippen LogP contribution in [0.3, 0.4) is 0 Å². The molecule has 0 spiro atoms. The summed E-state index contributed by atoms with van der Waals surface area (Å²) in [5.74, 6) is 0.907. The topological polar surface area (TPSA) is 84.3 Å². The minimum Gasteiger partial charge on any atom is -0.477 e. The third-order valence-electron chi connectivity index (χ3n) is 5.88. The number of hydrogen-bond donors (Lipinski definition) is 0. The molecule has 3 aromatic heterocycles. The van der Waals surface area contributed by atoms with E-state index in [1.165, 1.54) is 0 Å². The number of aryl methyl sites for hydroxylation is 1. The summed E-state index contributed by atoms with van der Waals surface area (Å²) in [7, 11) is 3.84. The van der Waals surface area contributed by atoms with E-state index in [4.69, 9.17) is 9.72 Å². The molecule has 0 radical (unpaired) electrons. The van der Waals surface area contributed by atoms with Gasteiger partial charge < -0.3 is 14.5 Å². The van der Waals surface area contributed by atoms with Gasteiger partial charge in [-0.1, -0.05) is 0 Å². The monoisotopic (exact) mass is 446 g/mol. The number of hydrogen-bond acceptors (Lipinski definition) is 7. The first-order chi connectivity index (χ1) is 16.0. The maximum absolute atomic E-state index is 13.8. The van der Waals surface area contributed by atoms with Crippen LogP contribution in [0.2, 0.25) is 0 Å². The molecule has 8 heteroatoms. The van der Waals surface area contributed by atoms with Crippen LogP contribution < -0.4 is 9.64 Å². The van der Waals surface area contributed by atoms with Crippen molar-refractivity contribution in [3.63, 3.8) is 0 Å². The van der Waals surface area contributed by atoms with Crippen LogP contribution in [0.25, 0.3) is 11.1 Å². The molecule has 0 N–H and O–H groups in total. The molecule has 1 amide bonds. The van der Waals surface area contributed by atoms with Crippen molar-refractivity contribution in [1.29, 1.82) is 0 Å². The smallest absolute Gasteiger partial charge is 0.259 e. The Morgan fingerprint density at radius 2 is 2.00 bits per heavy atom. The number of anilines is 1. The average molecular weight is 447 g/mol. The summed E-state index contributed by atoms with van der Waals surface area (Å²) in [5, 5.41) is 0. The molecule has 1 atom stereocenters. The second-order valence-corrected chi connectivity index (χ2v) is 8.35. The van der Waals surface area contributed by atoms with Gasteiger partial charge in [0.1, 0.15) is 5.56 Å². The highest BCUT2D eigenvalue weighted by Gasteiger charge is 2.33. The largest absolute Gasteiger partial charge is 0.477 e. The lowest BCUT2D eigenvalue weighted by atomic mass is 9.92. The molecule has 0 aromatic carbocycles. The Bertz CT molecular complexity index is 1130. The Kier molecular flexibility index (Phi) is 6.82. The Balaban J connectivity index is 1.82. The molecule has 8 nitrogen and oxygen atoms in total. The molecular formula is C25H30N6O2. The Labute approximate surface area is 194 Å². The summed E-state index contributed by atoms with van der Waals surface area (Å²) in [6.45, 7) is 5.02. The number of carbonyl (C=O) groups excluding carboxylic acids is 1. The predicted octanol–water partition coefficient (Wildman–Crippen LogP) is 4.07. The molecule has 1 aliphatic rings. The van der Waals surface area contributed by atoms with Gasteiger partial charge in [0.15, 0.2) is 0 Å². The number of carbonyl (C=O) groups is 1. The van der Waals surface area contributed by atoms with Gasteiger partial charge in [-0.05, 0) is 62.4 Å². The van der Waals surface area contributed by atoms with E-state index >= 15 is 0 Å². The summed E-state index contributed by atoms with van der Waals surface area (Å²) in [5.41, 5.74) is 4.34. The van der Waals surface area contributed by atoms with Crippen LogP contribution in [0.1, 0.15) is 53.8 Å².